The van der Waals surface area contributed by atoms with E-state index >= 15 is 0 Å². The average molecular weight is 263 g/mol. The quantitative estimate of drug-likeness (QED) is 0.856. The molecule has 100 valence electrons. The first-order chi connectivity index (χ1) is 8.95. The Morgan fingerprint density at radius 1 is 0.947 bits per heavy atom. The molecule has 0 aliphatic rings. The highest BCUT2D eigenvalue weighted by Gasteiger charge is 2.09. The van der Waals surface area contributed by atoms with E-state index < -0.39 is 11.6 Å². The fourth-order valence-corrected chi connectivity index (χ4v) is 1.97. The molecule has 0 saturated heterocycles. The summed E-state index contributed by atoms with van der Waals surface area (Å²) < 4.78 is 32.1. The van der Waals surface area contributed by atoms with E-state index in [1.165, 1.54) is 0 Å². The van der Waals surface area contributed by atoms with Crippen LogP contribution in [0.3, 0.4) is 0 Å². The standard InChI is InChI=1S/C15H15F2NO/c1-9-3-10(2)5-11(4-9)8-19-15-7-12(16)14(18)6-13(15)17/h3-7H,8,18H2,1-2H3. The summed E-state index contributed by atoms with van der Waals surface area (Å²) in [7, 11) is 0. The van der Waals surface area contributed by atoms with E-state index in [1.54, 1.807) is 0 Å². The summed E-state index contributed by atoms with van der Waals surface area (Å²) in [5.74, 6) is -1.48. The summed E-state index contributed by atoms with van der Waals surface area (Å²) in [4.78, 5) is 0. The van der Waals surface area contributed by atoms with Crippen LogP contribution >= 0.6 is 0 Å². The minimum Gasteiger partial charge on any atom is -0.486 e. The van der Waals surface area contributed by atoms with Crippen molar-refractivity contribution in [2.45, 2.75) is 20.5 Å². The number of rotatable bonds is 3. The van der Waals surface area contributed by atoms with Gasteiger partial charge in [-0.1, -0.05) is 29.3 Å². The number of halogens is 2. The van der Waals surface area contributed by atoms with Crippen LogP contribution in [0.5, 0.6) is 5.75 Å². The molecule has 2 nitrogen and oxygen atoms in total. The largest absolute Gasteiger partial charge is 0.486 e. The zero-order valence-electron chi connectivity index (χ0n) is 10.8. The fourth-order valence-electron chi connectivity index (χ4n) is 1.97. The molecule has 2 N–H and O–H groups in total. The molecular formula is C15H15F2NO. The van der Waals surface area contributed by atoms with Crippen LogP contribution in [-0.2, 0) is 6.61 Å². The lowest BCUT2D eigenvalue weighted by Crippen LogP contribution is -2.01. The van der Waals surface area contributed by atoms with Crippen LogP contribution in [0.15, 0.2) is 30.3 Å². The second-order valence-electron chi connectivity index (χ2n) is 4.59. The second-order valence-corrected chi connectivity index (χ2v) is 4.59. The third-order valence-electron chi connectivity index (χ3n) is 2.73. The van der Waals surface area contributed by atoms with Crippen molar-refractivity contribution >= 4 is 5.69 Å². The smallest absolute Gasteiger partial charge is 0.167 e. The number of nitrogens with two attached hydrogens (primary N) is 1. The van der Waals surface area contributed by atoms with Gasteiger partial charge in [0.05, 0.1) is 5.69 Å². The molecule has 0 unspecified atom stereocenters. The normalized spacial score (nSPS) is 10.5. The number of benzene rings is 2. The van der Waals surface area contributed by atoms with Crippen molar-refractivity contribution in [3.63, 3.8) is 0 Å². The zero-order chi connectivity index (χ0) is 14.0. The van der Waals surface area contributed by atoms with Crippen molar-refractivity contribution in [1.29, 1.82) is 0 Å². The van der Waals surface area contributed by atoms with Crippen LogP contribution in [0.25, 0.3) is 0 Å². The summed E-state index contributed by atoms with van der Waals surface area (Å²) in [6, 6.07) is 7.81. The summed E-state index contributed by atoms with van der Waals surface area (Å²) >= 11 is 0. The minimum atomic E-state index is -0.683. The van der Waals surface area contributed by atoms with E-state index in [0.717, 1.165) is 28.8 Å². The van der Waals surface area contributed by atoms with Gasteiger partial charge in [0.25, 0.3) is 0 Å². The van der Waals surface area contributed by atoms with Gasteiger partial charge >= 0.3 is 0 Å². The monoisotopic (exact) mass is 263 g/mol. The summed E-state index contributed by atoms with van der Waals surface area (Å²) in [5, 5.41) is 0. The van der Waals surface area contributed by atoms with Crippen molar-refractivity contribution in [3.05, 3.63) is 58.7 Å². The first-order valence-corrected chi connectivity index (χ1v) is 5.90. The van der Waals surface area contributed by atoms with Gasteiger partial charge in [0.1, 0.15) is 12.4 Å². The van der Waals surface area contributed by atoms with Gasteiger partial charge in [0.15, 0.2) is 11.6 Å². The first-order valence-electron chi connectivity index (χ1n) is 5.90. The van der Waals surface area contributed by atoms with Gasteiger partial charge in [-0.05, 0) is 19.4 Å². The molecule has 2 aromatic rings. The number of nitrogen functional groups attached to an aromatic ring is 1. The topological polar surface area (TPSA) is 35.2 Å². The third-order valence-corrected chi connectivity index (χ3v) is 2.73. The molecule has 2 rings (SSSR count). The average Bonchev–Trinajstić information content (AvgIpc) is 2.31. The number of aryl methyl sites for hydroxylation is 2. The van der Waals surface area contributed by atoms with Crippen molar-refractivity contribution < 1.29 is 13.5 Å². The molecule has 4 heteroatoms. The molecule has 0 atom stereocenters. The lowest BCUT2D eigenvalue weighted by Gasteiger charge is -2.10. The van der Waals surface area contributed by atoms with Gasteiger partial charge in [-0.25, -0.2) is 8.78 Å². The van der Waals surface area contributed by atoms with E-state index in [4.69, 9.17) is 10.5 Å². The molecule has 0 amide bonds. The predicted molar refractivity (Wildman–Crippen MR) is 71.0 cm³/mol. The molecular weight excluding hydrogens is 248 g/mol. The molecule has 0 aromatic heterocycles. The molecule has 0 bridgehead atoms. The van der Waals surface area contributed by atoms with E-state index in [0.29, 0.717) is 0 Å². The zero-order valence-corrected chi connectivity index (χ0v) is 10.8. The Morgan fingerprint density at radius 3 is 2.21 bits per heavy atom. The highest BCUT2D eigenvalue weighted by molar-refractivity contribution is 5.44. The predicted octanol–water partition coefficient (Wildman–Crippen LogP) is 3.74. The molecule has 0 aliphatic heterocycles. The molecule has 0 spiro atoms. The number of hydrogen-bond donors (Lipinski definition) is 1. The Morgan fingerprint density at radius 2 is 1.58 bits per heavy atom. The van der Waals surface area contributed by atoms with Gasteiger partial charge in [0, 0.05) is 12.1 Å². The van der Waals surface area contributed by atoms with Crippen LogP contribution in [0.1, 0.15) is 16.7 Å². The molecule has 0 fully saturated rings. The Labute approximate surface area is 110 Å². The maximum atomic E-state index is 13.5. The summed E-state index contributed by atoms with van der Waals surface area (Å²) in [6.45, 7) is 4.13. The van der Waals surface area contributed by atoms with E-state index in [9.17, 15) is 8.78 Å². The Bertz CT molecular complexity index is 591. The second kappa shape index (κ2) is 5.26. The van der Waals surface area contributed by atoms with E-state index in [1.807, 2.05) is 32.0 Å². The maximum Gasteiger partial charge on any atom is 0.167 e. The van der Waals surface area contributed by atoms with Gasteiger partial charge in [-0.15, -0.1) is 0 Å². The highest BCUT2D eigenvalue weighted by atomic mass is 19.1. The van der Waals surface area contributed by atoms with Crippen LogP contribution in [0, 0.1) is 25.5 Å². The molecule has 2 aromatic carbocycles. The molecule has 0 radical (unpaired) electrons. The Kier molecular flexibility index (Phi) is 3.69. The van der Waals surface area contributed by atoms with Crippen LogP contribution in [-0.4, -0.2) is 0 Å². The van der Waals surface area contributed by atoms with Crippen molar-refractivity contribution in [1.82, 2.24) is 0 Å². The number of ether oxygens (including phenoxy) is 1. The van der Waals surface area contributed by atoms with Crippen molar-refractivity contribution in [3.8, 4) is 5.75 Å². The highest BCUT2D eigenvalue weighted by Crippen LogP contribution is 2.24. The van der Waals surface area contributed by atoms with Crippen LogP contribution < -0.4 is 10.5 Å². The van der Waals surface area contributed by atoms with Crippen molar-refractivity contribution in [2.24, 2.45) is 0 Å². The lowest BCUT2D eigenvalue weighted by molar-refractivity contribution is 0.288. The van der Waals surface area contributed by atoms with Gasteiger partial charge in [-0.3, -0.25) is 0 Å². The van der Waals surface area contributed by atoms with Crippen LogP contribution in [0.2, 0.25) is 0 Å². The SMILES string of the molecule is Cc1cc(C)cc(COc2cc(F)c(N)cc2F)c1. The summed E-state index contributed by atoms with van der Waals surface area (Å²) in [5.41, 5.74) is 8.15. The van der Waals surface area contributed by atoms with Gasteiger partial charge < -0.3 is 10.5 Å². The van der Waals surface area contributed by atoms with Crippen molar-refractivity contribution in [2.75, 3.05) is 5.73 Å². The van der Waals surface area contributed by atoms with Gasteiger partial charge in [-0.2, -0.15) is 0 Å². The molecule has 0 aliphatic carbocycles. The molecule has 19 heavy (non-hydrogen) atoms. The lowest BCUT2D eigenvalue weighted by atomic mass is 10.1. The van der Waals surface area contributed by atoms with Gasteiger partial charge in [0.2, 0.25) is 0 Å². The summed E-state index contributed by atoms with van der Waals surface area (Å²) in [6.07, 6.45) is 0. The van der Waals surface area contributed by atoms with Crippen LogP contribution in [0.4, 0.5) is 14.5 Å². The Hall–Kier alpha value is -2.10. The van der Waals surface area contributed by atoms with E-state index in [-0.39, 0.29) is 18.0 Å². The first kappa shape index (κ1) is 13.3. The van der Waals surface area contributed by atoms with E-state index in [2.05, 4.69) is 0 Å². The maximum absolute atomic E-state index is 13.5. The minimum absolute atomic E-state index is 0.133. The molecule has 0 saturated carbocycles. The fraction of sp³-hybridized carbons (Fsp3) is 0.200. The third kappa shape index (κ3) is 3.22. The number of anilines is 1. The number of hydrogen-bond acceptors (Lipinski definition) is 2. The molecule has 0 heterocycles. The Balaban J connectivity index is 2.16.